The molecule has 0 atom stereocenters. The van der Waals surface area contributed by atoms with E-state index in [1.54, 1.807) is 19.1 Å². The van der Waals surface area contributed by atoms with Gasteiger partial charge in [0.05, 0.1) is 0 Å². The minimum atomic E-state index is -0.804. The SMILES string of the molecule is CC(=C(O)C(N)=O)c1ccccc1. The van der Waals surface area contributed by atoms with Gasteiger partial charge in [-0.1, -0.05) is 30.3 Å². The maximum Gasteiger partial charge on any atom is 0.283 e. The van der Waals surface area contributed by atoms with Crippen LogP contribution < -0.4 is 5.73 Å². The second kappa shape index (κ2) is 3.76. The number of carbonyl (C=O) groups is 1. The van der Waals surface area contributed by atoms with Gasteiger partial charge in [0.15, 0.2) is 5.76 Å². The van der Waals surface area contributed by atoms with Crippen LogP contribution in [0, 0.1) is 0 Å². The van der Waals surface area contributed by atoms with Gasteiger partial charge >= 0.3 is 0 Å². The summed E-state index contributed by atoms with van der Waals surface area (Å²) in [7, 11) is 0. The number of hydrogen-bond donors (Lipinski definition) is 2. The van der Waals surface area contributed by atoms with Gasteiger partial charge in [-0.15, -0.1) is 0 Å². The van der Waals surface area contributed by atoms with Crippen LogP contribution in [0.5, 0.6) is 0 Å². The first-order chi connectivity index (χ1) is 6.13. The molecule has 0 heterocycles. The van der Waals surface area contributed by atoms with E-state index in [1.807, 2.05) is 18.2 Å². The minimum Gasteiger partial charge on any atom is -0.503 e. The van der Waals surface area contributed by atoms with Crippen molar-refractivity contribution in [2.75, 3.05) is 0 Å². The summed E-state index contributed by atoms with van der Waals surface area (Å²) in [5, 5.41) is 9.25. The van der Waals surface area contributed by atoms with Gasteiger partial charge in [-0.3, -0.25) is 4.79 Å². The quantitative estimate of drug-likeness (QED) is 0.530. The summed E-state index contributed by atoms with van der Waals surface area (Å²) in [6, 6.07) is 9.11. The molecule has 0 saturated carbocycles. The molecule has 3 heteroatoms. The zero-order valence-corrected chi connectivity index (χ0v) is 7.32. The fraction of sp³-hybridized carbons (Fsp3) is 0.100. The zero-order chi connectivity index (χ0) is 9.84. The molecule has 0 aliphatic rings. The zero-order valence-electron chi connectivity index (χ0n) is 7.32. The molecular formula is C10H11NO2. The Morgan fingerprint density at radius 2 is 1.85 bits per heavy atom. The van der Waals surface area contributed by atoms with Crippen molar-refractivity contribution >= 4 is 11.5 Å². The lowest BCUT2D eigenvalue weighted by molar-refractivity contribution is -0.116. The first-order valence-electron chi connectivity index (χ1n) is 3.88. The van der Waals surface area contributed by atoms with Crippen molar-refractivity contribution in [3.05, 3.63) is 41.7 Å². The van der Waals surface area contributed by atoms with E-state index in [9.17, 15) is 9.90 Å². The Morgan fingerprint density at radius 1 is 1.31 bits per heavy atom. The van der Waals surface area contributed by atoms with Crippen molar-refractivity contribution in [1.29, 1.82) is 0 Å². The predicted molar refractivity (Wildman–Crippen MR) is 50.9 cm³/mol. The number of rotatable bonds is 2. The summed E-state index contributed by atoms with van der Waals surface area (Å²) in [6.07, 6.45) is 0. The Balaban J connectivity index is 3.11. The van der Waals surface area contributed by atoms with Crippen molar-refractivity contribution in [3.63, 3.8) is 0 Å². The molecule has 0 aliphatic heterocycles. The highest BCUT2D eigenvalue weighted by atomic mass is 16.3. The van der Waals surface area contributed by atoms with Crippen LogP contribution >= 0.6 is 0 Å². The second-order valence-corrected chi connectivity index (χ2v) is 2.70. The van der Waals surface area contributed by atoms with E-state index in [-0.39, 0.29) is 5.76 Å². The molecule has 0 saturated heterocycles. The van der Waals surface area contributed by atoms with E-state index in [1.165, 1.54) is 0 Å². The molecule has 1 rings (SSSR count). The van der Waals surface area contributed by atoms with Gasteiger partial charge < -0.3 is 10.8 Å². The summed E-state index contributed by atoms with van der Waals surface area (Å²) in [5.41, 5.74) is 6.21. The third-order valence-electron chi connectivity index (χ3n) is 1.80. The lowest BCUT2D eigenvalue weighted by atomic mass is 10.1. The summed E-state index contributed by atoms with van der Waals surface area (Å²) in [5.74, 6) is -1.19. The van der Waals surface area contributed by atoms with Crippen LogP contribution in [0.1, 0.15) is 12.5 Å². The second-order valence-electron chi connectivity index (χ2n) is 2.70. The Morgan fingerprint density at radius 3 is 2.31 bits per heavy atom. The summed E-state index contributed by atoms with van der Waals surface area (Å²) in [4.78, 5) is 10.6. The van der Waals surface area contributed by atoms with E-state index < -0.39 is 5.91 Å². The summed E-state index contributed by atoms with van der Waals surface area (Å²) < 4.78 is 0. The van der Waals surface area contributed by atoms with Crippen molar-refractivity contribution in [3.8, 4) is 0 Å². The van der Waals surface area contributed by atoms with Crippen LogP contribution in [0.3, 0.4) is 0 Å². The summed E-state index contributed by atoms with van der Waals surface area (Å²) >= 11 is 0. The molecule has 0 unspecified atom stereocenters. The number of benzene rings is 1. The third-order valence-corrected chi connectivity index (χ3v) is 1.80. The largest absolute Gasteiger partial charge is 0.503 e. The number of primary amides is 1. The molecule has 68 valence electrons. The lowest BCUT2D eigenvalue weighted by Crippen LogP contribution is -2.14. The number of amides is 1. The topological polar surface area (TPSA) is 63.3 Å². The van der Waals surface area contributed by atoms with Crippen molar-refractivity contribution in [2.24, 2.45) is 5.73 Å². The minimum absolute atomic E-state index is 0.383. The molecular weight excluding hydrogens is 166 g/mol. The van der Waals surface area contributed by atoms with Gasteiger partial charge in [-0.2, -0.15) is 0 Å². The Labute approximate surface area is 76.5 Å². The predicted octanol–water partition coefficient (Wildman–Crippen LogP) is 1.46. The maximum atomic E-state index is 10.6. The van der Waals surface area contributed by atoms with Gasteiger partial charge in [-0.25, -0.2) is 0 Å². The van der Waals surface area contributed by atoms with E-state index in [4.69, 9.17) is 5.73 Å². The number of aliphatic hydroxyl groups is 1. The van der Waals surface area contributed by atoms with E-state index in [0.29, 0.717) is 5.57 Å². The maximum absolute atomic E-state index is 10.6. The molecule has 0 spiro atoms. The van der Waals surface area contributed by atoms with Gasteiger partial charge in [0.2, 0.25) is 0 Å². The van der Waals surface area contributed by atoms with Crippen LogP contribution in [-0.2, 0) is 4.79 Å². The number of allylic oxidation sites excluding steroid dienone is 1. The number of nitrogens with two attached hydrogens (primary N) is 1. The van der Waals surface area contributed by atoms with Crippen LogP contribution in [0.15, 0.2) is 36.1 Å². The van der Waals surface area contributed by atoms with Crippen LogP contribution in [0.4, 0.5) is 0 Å². The van der Waals surface area contributed by atoms with Crippen LogP contribution in [-0.4, -0.2) is 11.0 Å². The van der Waals surface area contributed by atoms with Crippen LogP contribution in [0.25, 0.3) is 5.57 Å². The first-order valence-corrected chi connectivity index (χ1v) is 3.88. The highest BCUT2D eigenvalue weighted by molar-refractivity contribution is 5.97. The Kier molecular flexibility index (Phi) is 2.69. The van der Waals surface area contributed by atoms with Gasteiger partial charge in [0.1, 0.15) is 0 Å². The highest BCUT2D eigenvalue weighted by Gasteiger charge is 2.07. The Bertz CT molecular complexity index is 341. The fourth-order valence-corrected chi connectivity index (χ4v) is 1.01. The summed E-state index contributed by atoms with van der Waals surface area (Å²) in [6.45, 7) is 1.65. The van der Waals surface area contributed by atoms with Crippen molar-refractivity contribution in [1.82, 2.24) is 0 Å². The normalized spacial score (nSPS) is 12.1. The molecule has 3 N–H and O–H groups in total. The average molecular weight is 177 g/mol. The fourth-order valence-electron chi connectivity index (χ4n) is 1.01. The molecule has 0 bridgehead atoms. The van der Waals surface area contributed by atoms with Gasteiger partial charge in [-0.05, 0) is 12.5 Å². The van der Waals surface area contributed by atoms with Crippen molar-refractivity contribution in [2.45, 2.75) is 6.92 Å². The van der Waals surface area contributed by atoms with E-state index in [0.717, 1.165) is 5.56 Å². The molecule has 0 radical (unpaired) electrons. The standard InChI is InChI=1S/C10H11NO2/c1-7(9(12)10(11)13)8-5-3-2-4-6-8/h2-6,12H,1H3,(H2,11,13). The molecule has 13 heavy (non-hydrogen) atoms. The molecule has 1 aromatic carbocycles. The average Bonchev–Trinajstić information content (AvgIpc) is 2.17. The molecule has 0 aromatic heterocycles. The Hall–Kier alpha value is -1.77. The third kappa shape index (κ3) is 2.08. The molecule has 1 aromatic rings. The number of aliphatic hydroxyl groups excluding tert-OH is 1. The lowest BCUT2D eigenvalue weighted by Gasteiger charge is -2.02. The monoisotopic (exact) mass is 177 g/mol. The van der Waals surface area contributed by atoms with Crippen molar-refractivity contribution < 1.29 is 9.90 Å². The highest BCUT2D eigenvalue weighted by Crippen LogP contribution is 2.15. The first kappa shape index (κ1) is 9.32. The van der Waals surface area contributed by atoms with E-state index in [2.05, 4.69) is 0 Å². The van der Waals surface area contributed by atoms with Gasteiger partial charge in [0, 0.05) is 5.57 Å². The molecule has 0 fully saturated rings. The van der Waals surface area contributed by atoms with Crippen LogP contribution in [0.2, 0.25) is 0 Å². The molecule has 1 amide bonds. The molecule has 0 aliphatic carbocycles. The van der Waals surface area contributed by atoms with Gasteiger partial charge in [0.25, 0.3) is 5.91 Å². The number of carbonyl (C=O) groups excluding carboxylic acids is 1. The van der Waals surface area contributed by atoms with E-state index >= 15 is 0 Å². The smallest absolute Gasteiger partial charge is 0.283 e. The molecule has 3 nitrogen and oxygen atoms in total. The number of hydrogen-bond acceptors (Lipinski definition) is 2.